The minimum absolute atomic E-state index is 0.0538. The second kappa shape index (κ2) is 7.32. The van der Waals surface area contributed by atoms with Gasteiger partial charge in [-0.1, -0.05) is 6.92 Å². The number of halogens is 2. The Kier molecular flexibility index (Phi) is 5.71. The topological polar surface area (TPSA) is 21.3 Å². The molecular weight excluding hydrogens is 272 g/mol. The quantitative estimate of drug-likeness (QED) is 0.817. The van der Waals surface area contributed by atoms with Crippen molar-refractivity contribution >= 4 is 0 Å². The van der Waals surface area contributed by atoms with Crippen LogP contribution in [0.1, 0.15) is 50.3 Å². The third-order valence-corrected chi connectivity index (χ3v) is 4.27. The maximum absolute atomic E-state index is 14.1. The standard InChI is InChI=1S/C17H25F2NO/c1-4-20-17(9-12-7-13(8-12)21-5-2)14-6-11(3)15(18)10-16(14)19/h6,10,12-13,17,20H,4-5,7-9H2,1-3H3. The van der Waals surface area contributed by atoms with Crippen LogP contribution >= 0.6 is 0 Å². The van der Waals surface area contributed by atoms with E-state index in [0.29, 0.717) is 23.1 Å². The van der Waals surface area contributed by atoms with Gasteiger partial charge in [0.1, 0.15) is 11.6 Å². The average molecular weight is 297 g/mol. The second-order valence-corrected chi connectivity index (χ2v) is 5.88. The fourth-order valence-corrected chi connectivity index (χ4v) is 3.09. The molecule has 2 rings (SSSR count). The molecule has 0 saturated heterocycles. The molecule has 1 aromatic carbocycles. The smallest absolute Gasteiger partial charge is 0.130 e. The van der Waals surface area contributed by atoms with Crippen molar-refractivity contribution in [3.05, 3.63) is 34.9 Å². The monoisotopic (exact) mass is 297 g/mol. The van der Waals surface area contributed by atoms with E-state index < -0.39 is 11.6 Å². The van der Waals surface area contributed by atoms with Crippen molar-refractivity contribution in [3.63, 3.8) is 0 Å². The summed E-state index contributed by atoms with van der Waals surface area (Å²) in [6.45, 7) is 7.20. The number of aryl methyl sites for hydroxylation is 1. The van der Waals surface area contributed by atoms with Gasteiger partial charge in [-0.05, 0) is 57.2 Å². The van der Waals surface area contributed by atoms with Crippen molar-refractivity contribution < 1.29 is 13.5 Å². The van der Waals surface area contributed by atoms with Crippen LogP contribution in [0.3, 0.4) is 0 Å². The molecule has 0 amide bonds. The van der Waals surface area contributed by atoms with Crippen molar-refractivity contribution in [2.24, 2.45) is 5.92 Å². The molecule has 0 radical (unpaired) electrons. The predicted molar refractivity (Wildman–Crippen MR) is 80.3 cm³/mol. The maximum atomic E-state index is 14.1. The van der Waals surface area contributed by atoms with Gasteiger partial charge in [-0.2, -0.15) is 0 Å². The summed E-state index contributed by atoms with van der Waals surface area (Å²) in [7, 11) is 0. The summed E-state index contributed by atoms with van der Waals surface area (Å²) in [5.41, 5.74) is 1.07. The number of hydrogen-bond acceptors (Lipinski definition) is 2. The number of benzene rings is 1. The maximum Gasteiger partial charge on any atom is 0.130 e. The van der Waals surface area contributed by atoms with E-state index in [4.69, 9.17) is 4.74 Å². The summed E-state index contributed by atoms with van der Waals surface area (Å²) >= 11 is 0. The van der Waals surface area contributed by atoms with Gasteiger partial charge in [0.2, 0.25) is 0 Å². The molecule has 1 unspecified atom stereocenters. The molecule has 0 heterocycles. The number of rotatable bonds is 7. The normalized spacial score (nSPS) is 22.9. The Labute approximate surface area is 125 Å². The zero-order chi connectivity index (χ0) is 15.4. The van der Waals surface area contributed by atoms with E-state index in [1.165, 1.54) is 0 Å². The van der Waals surface area contributed by atoms with E-state index in [2.05, 4.69) is 5.32 Å². The zero-order valence-electron chi connectivity index (χ0n) is 13.1. The Balaban J connectivity index is 2.04. The van der Waals surface area contributed by atoms with Gasteiger partial charge in [0.25, 0.3) is 0 Å². The molecule has 2 nitrogen and oxygen atoms in total. The molecule has 0 bridgehead atoms. The van der Waals surface area contributed by atoms with Crippen LogP contribution in [-0.4, -0.2) is 19.3 Å². The molecule has 21 heavy (non-hydrogen) atoms. The molecule has 1 aliphatic rings. The van der Waals surface area contributed by atoms with E-state index in [0.717, 1.165) is 38.5 Å². The summed E-state index contributed by atoms with van der Waals surface area (Å²) in [4.78, 5) is 0. The van der Waals surface area contributed by atoms with Gasteiger partial charge in [0.15, 0.2) is 0 Å². The Bertz CT molecular complexity index is 472. The SMILES string of the molecule is CCNC(CC1CC(OCC)C1)c1cc(C)c(F)cc1F. The largest absolute Gasteiger partial charge is 0.378 e. The van der Waals surface area contributed by atoms with Crippen LogP contribution in [0.25, 0.3) is 0 Å². The van der Waals surface area contributed by atoms with Crippen molar-refractivity contribution in [3.8, 4) is 0 Å². The predicted octanol–water partition coefficient (Wildman–Crippen LogP) is 4.13. The minimum atomic E-state index is -0.480. The Morgan fingerprint density at radius 1 is 1.24 bits per heavy atom. The zero-order valence-corrected chi connectivity index (χ0v) is 13.1. The summed E-state index contributed by atoms with van der Waals surface area (Å²) in [5.74, 6) is -0.383. The van der Waals surface area contributed by atoms with Gasteiger partial charge in [-0.15, -0.1) is 0 Å². The lowest BCUT2D eigenvalue weighted by molar-refractivity contribution is -0.0291. The molecule has 0 spiro atoms. The van der Waals surface area contributed by atoms with Crippen LogP contribution in [-0.2, 0) is 4.74 Å². The van der Waals surface area contributed by atoms with Gasteiger partial charge in [-0.25, -0.2) is 8.78 Å². The fraction of sp³-hybridized carbons (Fsp3) is 0.647. The molecule has 4 heteroatoms. The van der Waals surface area contributed by atoms with Gasteiger partial charge >= 0.3 is 0 Å². The van der Waals surface area contributed by atoms with Crippen LogP contribution in [0.15, 0.2) is 12.1 Å². The summed E-state index contributed by atoms with van der Waals surface area (Å²) in [6, 6.07) is 2.58. The first kappa shape index (κ1) is 16.4. The van der Waals surface area contributed by atoms with Crippen molar-refractivity contribution in [2.75, 3.05) is 13.2 Å². The van der Waals surface area contributed by atoms with Crippen LogP contribution in [0.2, 0.25) is 0 Å². The molecule has 1 aromatic rings. The third-order valence-electron chi connectivity index (χ3n) is 4.27. The van der Waals surface area contributed by atoms with Crippen molar-refractivity contribution in [1.29, 1.82) is 0 Å². The lowest BCUT2D eigenvalue weighted by Gasteiger charge is -2.37. The van der Waals surface area contributed by atoms with E-state index in [1.807, 2.05) is 13.8 Å². The fourth-order valence-electron chi connectivity index (χ4n) is 3.09. The number of ether oxygens (including phenoxy) is 1. The molecule has 1 aliphatic carbocycles. The van der Waals surface area contributed by atoms with E-state index in [1.54, 1.807) is 13.0 Å². The Morgan fingerprint density at radius 2 is 1.95 bits per heavy atom. The molecule has 0 aromatic heterocycles. The highest BCUT2D eigenvalue weighted by atomic mass is 19.1. The molecule has 1 atom stereocenters. The van der Waals surface area contributed by atoms with Crippen molar-refractivity contribution in [2.45, 2.75) is 52.2 Å². The summed E-state index contributed by atoms with van der Waals surface area (Å²) in [5, 5.41) is 3.33. The van der Waals surface area contributed by atoms with Gasteiger partial charge in [-0.3, -0.25) is 0 Å². The molecule has 1 fully saturated rings. The van der Waals surface area contributed by atoms with Crippen LogP contribution in [0.4, 0.5) is 8.78 Å². The second-order valence-electron chi connectivity index (χ2n) is 5.88. The molecular formula is C17H25F2NO. The Morgan fingerprint density at radius 3 is 2.57 bits per heavy atom. The first-order valence-electron chi connectivity index (χ1n) is 7.85. The summed E-state index contributed by atoms with van der Waals surface area (Å²) < 4.78 is 33.0. The average Bonchev–Trinajstić information content (AvgIpc) is 2.40. The van der Waals surface area contributed by atoms with E-state index in [-0.39, 0.29) is 6.04 Å². The van der Waals surface area contributed by atoms with Crippen LogP contribution in [0.5, 0.6) is 0 Å². The molecule has 1 N–H and O–H groups in total. The van der Waals surface area contributed by atoms with Gasteiger partial charge < -0.3 is 10.1 Å². The number of hydrogen-bond donors (Lipinski definition) is 1. The minimum Gasteiger partial charge on any atom is -0.378 e. The molecule has 118 valence electrons. The Hall–Kier alpha value is -1.00. The third kappa shape index (κ3) is 4.01. The van der Waals surface area contributed by atoms with Gasteiger partial charge in [0, 0.05) is 24.3 Å². The van der Waals surface area contributed by atoms with E-state index in [9.17, 15) is 8.78 Å². The summed E-state index contributed by atoms with van der Waals surface area (Å²) in [6.07, 6.45) is 3.32. The lowest BCUT2D eigenvalue weighted by atomic mass is 9.77. The number of nitrogens with one attached hydrogen (secondary N) is 1. The first-order valence-corrected chi connectivity index (χ1v) is 7.85. The highest BCUT2D eigenvalue weighted by Crippen LogP contribution is 2.37. The highest BCUT2D eigenvalue weighted by Gasteiger charge is 2.32. The van der Waals surface area contributed by atoms with E-state index >= 15 is 0 Å². The van der Waals surface area contributed by atoms with Crippen molar-refractivity contribution in [1.82, 2.24) is 5.32 Å². The van der Waals surface area contributed by atoms with Crippen LogP contribution < -0.4 is 5.32 Å². The molecule has 0 aliphatic heterocycles. The highest BCUT2D eigenvalue weighted by molar-refractivity contribution is 5.28. The van der Waals surface area contributed by atoms with Gasteiger partial charge in [0.05, 0.1) is 6.10 Å². The first-order chi connectivity index (χ1) is 10.0. The van der Waals surface area contributed by atoms with Crippen LogP contribution in [0, 0.1) is 24.5 Å². The lowest BCUT2D eigenvalue weighted by Crippen LogP contribution is -2.35. The molecule has 1 saturated carbocycles.